The fourth-order valence-electron chi connectivity index (χ4n) is 2.46. The van der Waals surface area contributed by atoms with Crippen molar-refractivity contribution in [2.75, 3.05) is 13.2 Å². The van der Waals surface area contributed by atoms with Crippen molar-refractivity contribution in [1.29, 1.82) is 0 Å². The van der Waals surface area contributed by atoms with Crippen LogP contribution in [0.5, 0.6) is 17.2 Å². The topological polar surface area (TPSA) is 56.8 Å². The zero-order valence-electron chi connectivity index (χ0n) is 13.9. The number of rotatable bonds is 4. The number of hydrogen-bond acceptors (Lipinski definition) is 4. The van der Waals surface area contributed by atoms with E-state index >= 15 is 0 Å². The van der Waals surface area contributed by atoms with Crippen molar-refractivity contribution < 1.29 is 32.2 Å². The van der Waals surface area contributed by atoms with E-state index in [4.69, 9.17) is 21.1 Å². The fraction of sp³-hybridized carbons (Fsp3) is 0.278. The Balaban J connectivity index is 1.64. The molecular weight excluding hydrogens is 387 g/mol. The Kier molecular flexibility index (Phi) is 5.65. The van der Waals surface area contributed by atoms with E-state index in [9.17, 15) is 18.0 Å². The normalized spacial score (nSPS) is 13.6. The van der Waals surface area contributed by atoms with Gasteiger partial charge in [-0.15, -0.1) is 13.2 Å². The molecule has 1 aliphatic heterocycles. The van der Waals surface area contributed by atoms with Gasteiger partial charge >= 0.3 is 6.36 Å². The highest BCUT2D eigenvalue weighted by atomic mass is 35.5. The van der Waals surface area contributed by atoms with E-state index in [2.05, 4.69) is 10.1 Å². The van der Waals surface area contributed by atoms with E-state index in [1.54, 1.807) is 6.07 Å². The molecular formula is C18H15ClF3NO4. The van der Waals surface area contributed by atoms with Crippen LogP contribution in [-0.4, -0.2) is 25.5 Å². The summed E-state index contributed by atoms with van der Waals surface area (Å²) in [5.41, 5.74) is 0.902. The average molecular weight is 402 g/mol. The van der Waals surface area contributed by atoms with Crippen molar-refractivity contribution in [3.63, 3.8) is 0 Å². The third kappa shape index (κ3) is 5.19. The molecule has 0 saturated heterocycles. The van der Waals surface area contributed by atoms with Crippen molar-refractivity contribution in [3.05, 3.63) is 52.5 Å². The molecule has 1 heterocycles. The molecule has 5 nitrogen and oxygen atoms in total. The summed E-state index contributed by atoms with van der Waals surface area (Å²) in [6.07, 6.45) is -4.04. The van der Waals surface area contributed by atoms with Crippen LogP contribution in [0.4, 0.5) is 13.2 Å². The van der Waals surface area contributed by atoms with Crippen LogP contribution >= 0.6 is 11.6 Å². The molecule has 1 amide bonds. The minimum Gasteiger partial charge on any atom is -0.489 e. The lowest BCUT2D eigenvalue weighted by Gasteiger charge is -2.12. The first-order valence-corrected chi connectivity index (χ1v) is 8.42. The van der Waals surface area contributed by atoms with E-state index in [0.29, 0.717) is 42.3 Å². The lowest BCUT2D eigenvalue weighted by Crippen LogP contribution is -2.23. The number of alkyl halides is 3. The van der Waals surface area contributed by atoms with E-state index in [1.807, 2.05) is 0 Å². The molecule has 27 heavy (non-hydrogen) atoms. The lowest BCUT2D eigenvalue weighted by atomic mass is 10.1. The number of carbonyl (C=O) groups excluding carboxylic acids is 1. The molecule has 0 aliphatic carbocycles. The molecule has 0 unspecified atom stereocenters. The predicted octanol–water partition coefficient (Wildman–Crippen LogP) is 4.33. The summed E-state index contributed by atoms with van der Waals surface area (Å²) in [5, 5.41) is 2.95. The van der Waals surface area contributed by atoms with Crippen molar-refractivity contribution in [3.8, 4) is 17.2 Å². The highest BCUT2D eigenvalue weighted by molar-refractivity contribution is 6.32. The summed E-state index contributed by atoms with van der Waals surface area (Å²) in [6.45, 7) is 1.06. The average Bonchev–Trinajstić information content (AvgIpc) is 2.85. The summed E-state index contributed by atoms with van der Waals surface area (Å²) >= 11 is 6.16. The van der Waals surface area contributed by atoms with Crippen LogP contribution in [0, 0.1) is 0 Å². The van der Waals surface area contributed by atoms with E-state index < -0.39 is 12.3 Å². The smallest absolute Gasteiger partial charge is 0.489 e. The largest absolute Gasteiger partial charge is 0.573 e. The SMILES string of the molecule is O=C(NCc1ccc(OC(F)(F)F)cc1)c1cc(Cl)c2c(c1)OCCCO2. The first kappa shape index (κ1) is 19.2. The quantitative estimate of drug-likeness (QED) is 0.828. The summed E-state index contributed by atoms with van der Waals surface area (Å²) in [4.78, 5) is 12.4. The van der Waals surface area contributed by atoms with Crippen LogP contribution in [0.3, 0.4) is 0 Å². The van der Waals surface area contributed by atoms with Gasteiger partial charge in [0.25, 0.3) is 5.91 Å². The maximum Gasteiger partial charge on any atom is 0.573 e. The number of halogens is 4. The van der Waals surface area contributed by atoms with Gasteiger partial charge in [0.2, 0.25) is 0 Å². The molecule has 2 aromatic carbocycles. The first-order chi connectivity index (χ1) is 12.8. The monoisotopic (exact) mass is 401 g/mol. The Labute approximate surface area is 158 Å². The zero-order chi connectivity index (χ0) is 19.4. The van der Waals surface area contributed by atoms with Crippen LogP contribution in [0.2, 0.25) is 5.02 Å². The molecule has 144 valence electrons. The number of hydrogen-bond donors (Lipinski definition) is 1. The van der Waals surface area contributed by atoms with E-state index in [-0.39, 0.29) is 17.3 Å². The van der Waals surface area contributed by atoms with Gasteiger partial charge in [0.1, 0.15) is 5.75 Å². The molecule has 3 rings (SSSR count). The maximum atomic E-state index is 12.4. The minimum absolute atomic E-state index is 0.122. The predicted molar refractivity (Wildman–Crippen MR) is 91.4 cm³/mol. The minimum atomic E-state index is -4.74. The van der Waals surface area contributed by atoms with Crippen LogP contribution in [-0.2, 0) is 6.54 Å². The van der Waals surface area contributed by atoms with Gasteiger partial charge in [0.05, 0.1) is 18.2 Å². The van der Waals surface area contributed by atoms with Crippen LogP contribution in [0.25, 0.3) is 0 Å². The van der Waals surface area contributed by atoms with Crippen molar-refractivity contribution >= 4 is 17.5 Å². The van der Waals surface area contributed by atoms with Crippen molar-refractivity contribution in [1.82, 2.24) is 5.32 Å². The molecule has 2 aromatic rings. The number of benzene rings is 2. The zero-order valence-corrected chi connectivity index (χ0v) is 14.7. The molecule has 0 aromatic heterocycles. The molecule has 0 bridgehead atoms. The summed E-state index contributed by atoms with van der Waals surface area (Å²) < 4.78 is 51.3. The van der Waals surface area contributed by atoms with Gasteiger partial charge in [-0.3, -0.25) is 4.79 Å². The van der Waals surface area contributed by atoms with E-state index in [0.717, 1.165) is 0 Å². The highest BCUT2D eigenvalue weighted by Gasteiger charge is 2.30. The Hall–Kier alpha value is -2.61. The Morgan fingerprint density at radius 2 is 1.85 bits per heavy atom. The van der Waals surface area contributed by atoms with Gasteiger partial charge in [-0.05, 0) is 29.8 Å². The van der Waals surface area contributed by atoms with Gasteiger partial charge in [-0.2, -0.15) is 0 Å². The molecule has 0 spiro atoms. The highest BCUT2D eigenvalue weighted by Crippen LogP contribution is 2.38. The standard InChI is InChI=1S/C18H15ClF3NO4/c19-14-8-12(9-15-16(14)26-7-1-6-25-15)17(24)23-10-11-2-4-13(5-3-11)27-18(20,21)22/h2-5,8-9H,1,6-7,10H2,(H,23,24). The second kappa shape index (κ2) is 7.96. The second-order valence-corrected chi connectivity index (χ2v) is 6.12. The second-order valence-electron chi connectivity index (χ2n) is 5.71. The summed E-state index contributed by atoms with van der Waals surface area (Å²) in [5.74, 6) is 0.0835. The van der Waals surface area contributed by atoms with Crippen molar-refractivity contribution in [2.45, 2.75) is 19.3 Å². The molecule has 1 N–H and O–H groups in total. The maximum absolute atomic E-state index is 12.4. The molecule has 0 saturated carbocycles. The Bertz CT molecular complexity index is 825. The van der Waals surface area contributed by atoms with Gasteiger partial charge < -0.3 is 19.5 Å². The van der Waals surface area contributed by atoms with Gasteiger partial charge in [0, 0.05) is 18.5 Å². The Morgan fingerprint density at radius 1 is 1.15 bits per heavy atom. The number of amides is 1. The van der Waals surface area contributed by atoms with Crippen molar-refractivity contribution in [2.24, 2.45) is 0 Å². The third-order valence-electron chi connectivity index (χ3n) is 3.67. The summed E-state index contributed by atoms with van der Waals surface area (Å²) in [6, 6.07) is 8.25. The van der Waals surface area contributed by atoms with Crippen LogP contribution in [0.1, 0.15) is 22.3 Å². The molecule has 9 heteroatoms. The third-order valence-corrected chi connectivity index (χ3v) is 3.96. The van der Waals surface area contributed by atoms with Crippen LogP contribution < -0.4 is 19.5 Å². The number of fused-ring (bicyclic) bond motifs is 1. The molecule has 0 atom stereocenters. The van der Waals surface area contributed by atoms with Crippen LogP contribution in [0.15, 0.2) is 36.4 Å². The lowest BCUT2D eigenvalue weighted by molar-refractivity contribution is -0.274. The number of carbonyl (C=O) groups is 1. The Morgan fingerprint density at radius 3 is 2.56 bits per heavy atom. The summed E-state index contributed by atoms with van der Waals surface area (Å²) in [7, 11) is 0. The van der Waals surface area contributed by atoms with E-state index in [1.165, 1.54) is 30.3 Å². The first-order valence-electron chi connectivity index (χ1n) is 8.04. The van der Waals surface area contributed by atoms with Gasteiger partial charge in [-0.25, -0.2) is 0 Å². The molecule has 0 fully saturated rings. The fourth-order valence-corrected chi connectivity index (χ4v) is 2.72. The number of nitrogens with one attached hydrogen (secondary N) is 1. The molecule has 0 radical (unpaired) electrons. The molecule has 1 aliphatic rings. The van der Waals surface area contributed by atoms with Gasteiger partial charge in [-0.1, -0.05) is 23.7 Å². The van der Waals surface area contributed by atoms with Gasteiger partial charge in [0.15, 0.2) is 11.5 Å². The number of ether oxygens (including phenoxy) is 3.